The molecule has 3 nitrogen and oxygen atoms in total. The number of hydrogen-bond acceptors (Lipinski definition) is 2. The molecular formula is C10H5FN2O. The molecule has 0 fully saturated rings. The van der Waals surface area contributed by atoms with E-state index in [-0.39, 0.29) is 11.1 Å². The van der Waals surface area contributed by atoms with E-state index in [1.807, 2.05) is 0 Å². The Kier molecular flexibility index (Phi) is 1.79. The standard InChI is InChI=1S/C10H5FN2O/c11-8-3-1-2-6-4-7(5-12)10(14)13-9(6)8/h1-4H,(H,13,14). The van der Waals surface area contributed by atoms with Gasteiger partial charge in [0.25, 0.3) is 5.56 Å². The van der Waals surface area contributed by atoms with Crippen LogP contribution in [0.15, 0.2) is 29.1 Å². The third-order valence-corrected chi connectivity index (χ3v) is 1.95. The molecule has 0 aliphatic carbocycles. The number of fused-ring (bicyclic) bond motifs is 1. The topological polar surface area (TPSA) is 56.6 Å². The molecule has 0 amide bonds. The Morgan fingerprint density at radius 3 is 2.93 bits per heavy atom. The Morgan fingerprint density at radius 2 is 2.21 bits per heavy atom. The Bertz CT molecular complexity index is 595. The number of nitrogens with zero attached hydrogens (tertiary/aromatic N) is 1. The number of aromatic amines is 1. The van der Waals surface area contributed by atoms with E-state index in [1.165, 1.54) is 18.2 Å². The normalized spacial score (nSPS) is 10.0. The average molecular weight is 188 g/mol. The minimum atomic E-state index is -0.565. The number of para-hydroxylation sites is 1. The van der Waals surface area contributed by atoms with Gasteiger partial charge in [0.05, 0.1) is 5.52 Å². The Labute approximate surface area is 78.4 Å². The van der Waals surface area contributed by atoms with Gasteiger partial charge >= 0.3 is 0 Å². The van der Waals surface area contributed by atoms with Crippen LogP contribution in [0.3, 0.4) is 0 Å². The first-order valence-corrected chi connectivity index (χ1v) is 3.94. The maximum Gasteiger partial charge on any atom is 0.266 e. The first-order chi connectivity index (χ1) is 6.72. The summed E-state index contributed by atoms with van der Waals surface area (Å²) < 4.78 is 13.1. The van der Waals surface area contributed by atoms with Gasteiger partial charge in [0, 0.05) is 5.39 Å². The van der Waals surface area contributed by atoms with Gasteiger partial charge in [0.2, 0.25) is 0 Å². The maximum atomic E-state index is 13.1. The molecule has 0 radical (unpaired) electrons. The summed E-state index contributed by atoms with van der Waals surface area (Å²) in [5.41, 5.74) is -0.440. The number of halogens is 1. The van der Waals surface area contributed by atoms with E-state index in [0.29, 0.717) is 5.39 Å². The monoisotopic (exact) mass is 188 g/mol. The molecule has 0 aliphatic heterocycles. The SMILES string of the molecule is N#Cc1cc2cccc(F)c2[nH]c1=O. The number of rotatable bonds is 0. The van der Waals surface area contributed by atoms with Gasteiger partial charge in [-0.1, -0.05) is 12.1 Å². The van der Waals surface area contributed by atoms with Gasteiger partial charge in [-0.3, -0.25) is 4.79 Å². The highest BCUT2D eigenvalue weighted by molar-refractivity contribution is 5.79. The van der Waals surface area contributed by atoms with E-state index >= 15 is 0 Å². The van der Waals surface area contributed by atoms with Crippen LogP contribution in [0.1, 0.15) is 5.56 Å². The molecule has 0 aliphatic rings. The van der Waals surface area contributed by atoms with Crippen molar-refractivity contribution in [3.63, 3.8) is 0 Å². The first kappa shape index (κ1) is 8.45. The van der Waals surface area contributed by atoms with Crippen molar-refractivity contribution in [2.45, 2.75) is 0 Å². The molecule has 68 valence electrons. The lowest BCUT2D eigenvalue weighted by atomic mass is 10.1. The smallest absolute Gasteiger partial charge is 0.266 e. The summed E-state index contributed by atoms with van der Waals surface area (Å²) in [6.45, 7) is 0. The van der Waals surface area contributed by atoms with Gasteiger partial charge in [0.15, 0.2) is 0 Å². The number of benzene rings is 1. The molecule has 1 aromatic carbocycles. The van der Waals surface area contributed by atoms with Crippen LogP contribution < -0.4 is 5.56 Å². The van der Waals surface area contributed by atoms with Crippen LogP contribution >= 0.6 is 0 Å². The third-order valence-electron chi connectivity index (χ3n) is 1.95. The molecule has 0 bridgehead atoms. The summed E-state index contributed by atoms with van der Waals surface area (Å²) in [6.07, 6.45) is 0. The molecule has 4 heteroatoms. The second-order valence-corrected chi connectivity index (χ2v) is 2.83. The summed E-state index contributed by atoms with van der Waals surface area (Å²) in [5, 5.41) is 9.10. The zero-order valence-corrected chi connectivity index (χ0v) is 7.04. The Balaban J connectivity index is 2.95. The zero-order chi connectivity index (χ0) is 10.1. The molecule has 0 unspecified atom stereocenters. The minimum Gasteiger partial charge on any atom is -0.318 e. The fraction of sp³-hybridized carbons (Fsp3) is 0. The molecule has 0 spiro atoms. The fourth-order valence-electron chi connectivity index (χ4n) is 1.28. The highest BCUT2D eigenvalue weighted by Crippen LogP contribution is 2.13. The van der Waals surface area contributed by atoms with E-state index in [0.717, 1.165) is 0 Å². The highest BCUT2D eigenvalue weighted by atomic mass is 19.1. The highest BCUT2D eigenvalue weighted by Gasteiger charge is 2.04. The van der Waals surface area contributed by atoms with E-state index in [4.69, 9.17) is 5.26 Å². The lowest BCUT2D eigenvalue weighted by molar-refractivity contribution is 0.636. The minimum absolute atomic E-state index is 0.0110. The number of nitriles is 1. The summed E-state index contributed by atoms with van der Waals surface area (Å²) in [7, 11) is 0. The van der Waals surface area contributed by atoms with Gasteiger partial charge < -0.3 is 4.98 Å². The quantitative estimate of drug-likeness (QED) is 0.681. The van der Waals surface area contributed by atoms with Crippen molar-refractivity contribution in [3.8, 4) is 6.07 Å². The van der Waals surface area contributed by atoms with Gasteiger partial charge in [-0.2, -0.15) is 5.26 Å². The number of hydrogen-bond donors (Lipinski definition) is 1. The van der Waals surface area contributed by atoms with Gasteiger partial charge in [-0.15, -0.1) is 0 Å². The van der Waals surface area contributed by atoms with Crippen LogP contribution in [0.2, 0.25) is 0 Å². The zero-order valence-electron chi connectivity index (χ0n) is 7.04. The lowest BCUT2D eigenvalue weighted by Crippen LogP contribution is -2.09. The van der Waals surface area contributed by atoms with Crippen LogP contribution in [0.5, 0.6) is 0 Å². The number of nitrogens with one attached hydrogen (secondary N) is 1. The van der Waals surface area contributed by atoms with Crippen LogP contribution in [0.25, 0.3) is 10.9 Å². The lowest BCUT2D eigenvalue weighted by Gasteiger charge is -1.98. The number of H-pyrrole nitrogens is 1. The maximum absolute atomic E-state index is 13.1. The fourth-order valence-corrected chi connectivity index (χ4v) is 1.28. The van der Waals surface area contributed by atoms with Crippen molar-refractivity contribution < 1.29 is 4.39 Å². The Morgan fingerprint density at radius 1 is 1.43 bits per heavy atom. The molecule has 0 saturated heterocycles. The van der Waals surface area contributed by atoms with E-state index in [2.05, 4.69) is 4.98 Å². The molecular weight excluding hydrogens is 183 g/mol. The predicted molar refractivity (Wildman–Crippen MR) is 49.2 cm³/mol. The largest absolute Gasteiger partial charge is 0.318 e. The van der Waals surface area contributed by atoms with Gasteiger partial charge in [0.1, 0.15) is 17.4 Å². The van der Waals surface area contributed by atoms with E-state index in [9.17, 15) is 9.18 Å². The van der Waals surface area contributed by atoms with E-state index in [1.54, 1.807) is 12.1 Å². The second kappa shape index (κ2) is 2.96. The molecule has 1 N–H and O–H groups in total. The average Bonchev–Trinajstić information content (AvgIpc) is 2.19. The van der Waals surface area contributed by atoms with Crippen molar-refractivity contribution in [3.05, 3.63) is 46.0 Å². The van der Waals surface area contributed by atoms with Crippen LogP contribution in [0, 0.1) is 17.1 Å². The van der Waals surface area contributed by atoms with Crippen molar-refractivity contribution in [1.29, 1.82) is 5.26 Å². The summed E-state index contributed by atoms with van der Waals surface area (Å²) in [5.74, 6) is -0.496. The summed E-state index contributed by atoms with van der Waals surface area (Å²) >= 11 is 0. The molecule has 2 aromatic rings. The van der Waals surface area contributed by atoms with Crippen LogP contribution in [-0.2, 0) is 0 Å². The van der Waals surface area contributed by atoms with Crippen LogP contribution in [0.4, 0.5) is 4.39 Å². The Hall–Kier alpha value is -2.15. The van der Waals surface area contributed by atoms with Crippen molar-refractivity contribution in [2.24, 2.45) is 0 Å². The van der Waals surface area contributed by atoms with Crippen molar-refractivity contribution in [1.82, 2.24) is 4.98 Å². The van der Waals surface area contributed by atoms with Gasteiger partial charge in [-0.05, 0) is 12.1 Å². The molecule has 1 aromatic heterocycles. The number of aromatic nitrogens is 1. The molecule has 1 heterocycles. The molecule has 14 heavy (non-hydrogen) atoms. The van der Waals surface area contributed by atoms with Crippen molar-refractivity contribution in [2.75, 3.05) is 0 Å². The van der Waals surface area contributed by atoms with Crippen LogP contribution in [-0.4, -0.2) is 4.98 Å². The predicted octanol–water partition coefficient (Wildman–Crippen LogP) is 1.54. The van der Waals surface area contributed by atoms with E-state index < -0.39 is 11.4 Å². The summed E-state index contributed by atoms with van der Waals surface area (Å²) in [4.78, 5) is 13.5. The molecule has 0 saturated carbocycles. The molecule has 2 rings (SSSR count). The van der Waals surface area contributed by atoms with Crippen molar-refractivity contribution >= 4 is 10.9 Å². The first-order valence-electron chi connectivity index (χ1n) is 3.94. The third kappa shape index (κ3) is 1.15. The summed E-state index contributed by atoms with van der Waals surface area (Å²) in [6, 6.07) is 7.53. The molecule has 0 atom stereocenters. The second-order valence-electron chi connectivity index (χ2n) is 2.83. The number of pyridine rings is 1. The van der Waals surface area contributed by atoms with Gasteiger partial charge in [-0.25, -0.2) is 4.39 Å².